The Morgan fingerprint density at radius 3 is 2.47 bits per heavy atom. The second-order valence-corrected chi connectivity index (χ2v) is 3.66. The minimum Gasteiger partial charge on any atom is -0.471 e. The number of anilines is 1. The molecule has 1 heterocycles. The smallest absolute Gasteiger partial charge is 0.456 e. The standard InChI is InChI=1S/C10H12F5N3O/c1-2-3-16-7-4-8(18-6-17-7)19-5-9(11,12)10(13,14)15/h4,6H,2-3,5H2,1H3,(H,16,17,18). The number of ether oxygens (including phenoxy) is 1. The number of alkyl halides is 5. The zero-order valence-electron chi connectivity index (χ0n) is 9.97. The minimum absolute atomic E-state index is 0.294. The van der Waals surface area contributed by atoms with Gasteiger partial charge in [0, 0.05) is 12.6 Å². The summed E-state index contributed by atoms with van der Waals surface area (Å²) in [6, 6.07) is 1.15. The first kappa shape index (κ1) is 15.4. The molecule has 1 aromatic rings. The van der Waals surface area contributed by atoms with E-state index < -0.39 is 18.7 Å². The van der Waals surface area contributed by atoms with Crippen molar-refractivity contribution in [3.8, 4) is 5.88 Å². The summed E-state index contributed by atoms with van der Waals surface area (Å²) in [5.41, 5.74) is 0. The van der Waals surface area contributed by atoms with Crippen LogP contribution in [0.4, 0.5) is 27.8 Å². The summed E-state index contributed by atoms with van der Waals surface area (Å²) in [4.78, 5) is 7.22. The summed E-state index contributed by atoms with van der Waals surface area (Å²) in [5.74, 6) is -4.98. The molecular formula is C10H12F5N3O. The van der Waals surface area contributed by atoms with E-state index in [1.807, 2.05) is 6.92 Å². The lowest BCUT2D eigenvalue weighted by Gasteiger charge is -2.19. The molecule has 0 unspecified atom stereocenters. The zero-order valence-corrected chi connectivity index (χ0v) is 9.97. The van der Waals surface area contributed by atoms with Crippen molar-refractivity contribution >= 4 is 5.82 Å². The van der Waals surface area contributed by atoms with Crippen LogP contribution in [0.15, 0.2) is 12.4 Å². The number of nitrogens with one attached hydrogen (secondary N) is 1. The normalized spacial score (nSPS) is 12.3. The van der Waals surface area contributed by atoms with Gasteiger partial charge in [-0.15, -0.1) is 0 Å². The van der Waals surface area contributed by atoms with E-state index >= 15 is 0 Å². The molecule has 0 aliphatic carbocycles. The number of halogens is 5. The van der Waals surface area contributed by atoms with Crippen molar-refractivity contribution < 1.29 is 26.7 Å². The fraction of sp³-hybridized carbons (Fsp3) is 0.600. The molecule has 1 rings (SSSR count). The second kappa shape index (κ2) is 5.98. The molecule has 0 atom stereocenters. The molecule has 0 aliphatic rings. The molecule has 1 N–H and O–H groups in total. The van der Waals surface area contributed by atoms with Crippen molar-refractivity contribution in [1.29, 1.82) is 0 Å². The van der Waals surface area contributed by atoms with Gasteiger partial charge in [-0.25, -0.2) is 9.97 Å². The quantitative estimate of drug-likeness (QED) is 0.816. The van der Waals surface area contributed by atoms with Crippen LogP contribution in [-0.2, 0) is 0 Å². The van der Waals surface area contributed by atoms with E-state index in [1.54, 1.807) is 0 Å². The molecule has 108 valence electrons. The molecule has 0 bridgehead atoms. The maximum Gasteiger partial charge on any atom is 0.456 e. The number of hydrogen-bond donors (Lipinski definition) is 1. The number of aromatic nitrogens is 2. The van der Waals surface area contributed by atoms with Gasteiger partial charge >= 0.3 is 12.1 Å². The summed E-state index contributed by atoms with van der Waals surface area (Å²) in [6.07, 6.45) is -3.84. The SMILES string of the molecule is CCCNc1cc(OCC(F)(F)C(F)(F)F)ncn1. The van der Waals surface area contributed by atoms with Gasteiger partial charge in [0.15, 0.2) is 6.61 Å². The highest BCUT2D eigenvalue weighted by Crippen LogP contribution is 2.35. The Kier molecular flexibility index (Phi) is 4.84. The van der Waals surface area contributed by atoms with Crippen LogP contribution in [0.1, 0.15) is 13.3 Å². The Balaban J connectivity index is 2.63. The third kappa shape index (κ3) is 4.49. The molecule has 1 aromatic heterocycles. The maximum atomic E-state index is 12.6. The van der Waals surface area contributed by atoms with E-state index in [0.29, 0.717) is 12.4 Å². The fourth-order valence-electron chi connectivity index (χ4n) is 1.01. The van der Waals surface area contributed by atoms with Crippen LogP contribution in [0.5, 0.6) is 5.88 Å². The zero-order chi connectivity index (χ0) is 14.5. The van der Waals surface area contributed by atoms with Gasteiger partial charge in [-0.3, -0.25) is 0 Å². The predicted octanol–water partition coefficient (Wildman–Crippen LogP) is 2.87. The Morgan fingerprint density at radius 1 is 1.21 bits per heavy atom. The molecule has 0 fully saturated rings. The van der Waals surface area contributed by atoms with Crippen LogP contribution in [0.3, 0.4) is 0 Å². The largest absolute Gasteiger partial charge is 0.471 e. The van der Waals surface area contributed by atoms with Crippen molar-refractivity contribution in [2.24, 2.45) is 0 Å². The van der Waals surface area contributed by atoms with Crippen LogP contribution < -0.4 is 10.1 Å². The van der Waals surface area contributed by atoms with Crippen LogP contribution in [0.25, 0.3) is 0 Å². The fourth-order valence-corrected chi connectivity index (χ4v) is 1.01. The summed E-state index contributed by atoms with van der Waals surface area (Å²) in [7, 11) is 0. The molecule has 0 spiro atoms. The van der Waals surface area contributed by atoms with E-state index in [-0.39, 0.29) is 5.88 Å². The monoisotopic (exact) mass is 285 g/mol. The molecule has 19 heavy (non-hydrogen) atoms. The Morgan fingerprint density at radius 2 is 1.89 bits per heavy atom. The van der Waals surface area contributed by atoms with E-state index in [4.69, 9.17) is 0 Å². The van der Waals surface area contributed by atoms with E-state index in [9.17, 15) is 22.0 Å². The lowest BCUT2D eigenvalue weighted by molar-refractivity contribution is -0.290. The lowest BCUT2D eigenvalue weighted by atomic mass is 10.3. The molecule has 0 amide bonds. The topological polar surface area (TPSA) is 47.0 Å². The predicted molar refractivity (Wildman–Crippen MR) is 57.3 cm³/mol. The average molecular weight is 285 g/mol. The molecule has 0 aliphatic heterocycles. The van der Waals surface area contributed by atoms with Gasteiger partial charge in [0.2, 0.25) is 5.88 Å². The highest BCUT2D eigenvalue weighted by molar-refractivity contribution is 5.36. The van der Waals surface area contributed by atoms with Gasteiger partial charge < -0.3 is 10.1 Å². The molecule has 0 radical (unpaired) electrons. The molecule has 0 saturated heterocycles. The highest BCUT2D eigenvalue weighted by atomic mass is 19.4. The first-order chi connectivity index (χ1) is 8.76. The van der Waals surface area contributed by atoms with Gasteiger partial charge in [0.05, 0.1) is 0 Å². The first-order valence-electron chi connectivity index (χ1n) is 5.39. The molecule has 0 aromatic carbocycles. The van der Waals surface area contributed by atoms with Crippen LogP contribution >= 0.6 is 0 Å². The number of hydrogen-bond acceptors (Lipinski definition) is 4. The van der Waals surface area contributed by atoms with Gasteiger partial charge in [0.1, 0.15) is 12.1 Å². The first-order valence-corrected chi connectivity index (χ1v) is 5.39. The van der Waals surface area contributed by atoms with Crippen molar-refractivity contribution in [2.75, 3.05) is 18.5 Å². The third-order valence-electron chi connectivity index (χ3n) is 2.01. The van der Waals surface area contributed by atoms with Crippen molar-refractivity contribution in [2.45, 2.75) is 25.4 Å². The Bertz CT molecular complexity index is 410. The molecule has 9 heteroatoms. The van der Waals surface area contributed by atoms with Crippen molar-refractivity contribution in [1.82, 2.24) is 9.97 Å². The van der Waals surface area contributed by atoms with Crippen molar-refractivity contribution in [3.63, 3.8) is 0 Å². The number of rotatable bonds is 6. The Hall–Kier alpha value is -1.67. The third-order valence-corrected chi connectivity index (χ3v) is 2.01. The van der Waals surface area contributed by atoms with E-state index in [1.165, 1.54) is 0 Å². The van der Waals surface area contributed by atoms with Crippen LogP contribution in [0.2, 0.25) is 0 Å². The van der Waals surface area contributed by atoms with Crippen molar-refractivity contribution in [3.05, 3.63) is 12.4 Å². The minimum atomic E-state index is -5.65. The van der Waals surface area contributed by atoms with E-state index in [2.05, 4.69) is 20.0 Å². The summed E-state index contributed by atoms with van der Waals surface area (Å²) >= 11 is 0. The van der Waals surface area contributed by atoms with E-state index in [0.717, 1.165) is 18.8 Å². The highest BCUT2D eigenvalue weighted by Gasteiger charge is 2.58. The van der Waals surface area contributed by atoms with Gasteiger partial charge in [-0.1, -0.05) is 6.92 Å². The molecule has 4 nitrogen and oxygen atoms in total. The number of nitrogens with zero attached hydrogens (tertiary/aromatic N) is 2. The van der Waals surface area contributed by atoms with Gasteiger partial charge in [0.25, 0.3) is 0 Å². The molecular weight excluding hydrogens is 273 g/mol. The van der Waals surface area contributed by atoms with Crippen LogP contribution in [-0.4, -0.2) is 35.2 Å². The van der Waals surface area contributed by atoms with Crippen LogP contribution in [0, 0.1) is 0 Å². The Labute approximate surface area is 106 Å². The maximum absolute atomic E-state index is 12.6. The van der Waals surface area contributed by atoms with Gasteiger partial charge in [-0.05, 0) is 6.42 Å². The summed E-state index contributed by atoms with van der Waals surface area (Å²) in [5, 5.41) is 2.82. The molecule has 0 saturated carbocycles. The summed E-state index contributed by atoms with van der Waals surface area (Å²) in [6.45, 7) is 0.658. The second-order valence-electron chi connectivity index (χ2n) is 3.66. The van der Waals surface area contributed by atoms with Gasteiger partial charge in [-0.2, -0.15) is 22.0 Å². The summed E-state index contributed by atoms with van der Waals surface area (Å²) < 4.78 is 65.3. The lowest BCUT2D eigenvalue weighted by Crippen LogP contribution is -2.41. The average Bonchev–Trinajstić information content (AvgIpc) is 2.33.